The summed E-state index contributed by atoms with van der Waals surface area (Å²) in [5.74, 6) is -0.193. The average molecular weight is 436 g/mol. The summed E-state index contributed by atoms with van der Waals surface area (Å²) in [7, 11) is -3.58. The lowest BCUT2D eigenvalue weighted by Crippen LogP contribution is -2.52. The second kappa shape index (κ2) is 8.63. The van der Waals surface area contributed by atoms with Crippen molar-refractivity contribution in [2.75, 3.05) is 48.2 Å². The summed E-state index contributed by atoms with van der Waals surface area (Å²) in [6, 6.07) is 13.0. The van der Waals surface area contributed by atoms with E-state index in [-0.39, 0.29) is 12.5 Å². The Hall–Kier alpha value is -2.25. The maximum absolute atomic E-state index is 12.9. The molecule has 1 heterocycles. The van der Waals surface area contributed by atoms with Gasteiger partial charge in [-0.15, -0.1) is 0 Å². The van der Waals surface area contributed by atoms with Gasteiger partial charge >= 0.3 is 0 Å². The number of carbonyl (C=O) groups excluding carboxylic acids is 1. The SMILES string of the molecule is Cc1ccc(Cl)cc1N1CCN(C(=O)CN(c2ccccc2C)S(C)(=O)=O)CC1. The largest absolute Gasteiger partial charge is 0.368 e. The van der Waals surface area contributed by atoms with Crippen molar-refractivity contribution in [3.05, 3.63) is 58.6 Å². The predicted molar refractivity (Wildman–Crippen MR) is 118 cm³/mol. The molecule has 3 rings (SSSR count). The second-order valence-electron chi connectivity index (χ2n) is 7.35. The van der Waals surface area contributed by atoms with Crippen LogP contribution in [0.25, 0.3) is 0 Å². The molecule has 0 bridgehead atoms. The lowest BCUT2D eigenvalue weighted by Gasteiger charge is -2.37. The van der Waals surface area contributed by atoms with Crippen molar-refractivity contribution in [2.24, 2.45) is 0 Å². The molecule has 0 unspecified atom stereocenters. The van der Waals surface area contributed by atoms with Crippen LogP contribution in [-0.2, 0) is 14.8 Å². The first-order valence-electron chi connectivity index (χ1n) is 9.49. The van der Waals surface area contributed by atoms with Crippen molar-refractivity contribution in [1.82, 2.24) is 4.90 Å². The summed E-state index contributed by atoms with van der Waals surface area (Å²) in [4.78, 5) is 16.8. The monoisotopic (exact) mass is 435 g/mol. The Morgan fingerprint density at radius 1 is 1.03 bits per heavy atom. The molecular formula is C21H26ClN3O3S. The van der Waals surface area contributed by atoms with Gasteiger partial charge in [-0.2, -0.15) is 0 Å². The Balaban J connectivity index is 1.70. The summed E-state index contributed by atoms with van der Waals surface area (Å²) in [5.41, 5.74) is 3.56. The highest BCUT2D eigenvalue weighted by molar-refractivity contribution is 7.92. The van der Waals surface area contributed by atoms with Crippen LogP contribution in [0, 0.1) is 13.8 Å². The van der Waals surface area contributed by atoms with Gasteiger partial charge in [0.15, 0.2) is 0 Å². The first-order chi connectivity index (χ1) is 13.7. The maximum atomic E-state index is 12.9. The Bertz CT molecular complexity index is 1000. The molecular weight excluding hydrogens is 410 g/mol. The second-order valence-corrected chi connectivity index (χ2v) is 9.70. The minimum Gasteiger partial charge on any atom is -0.368 e. The number of nitrogens with zero attached hydrogens (tertiary/aromatic N) is 3. The van der Waals surface area contributed by atoms with Crippen LogP contribution in [0.1, 0.15) is 11.1 Å². The molecule has 1 aliphatic heterocycles. The van der Waals surface area contributed by atoms with Crippen LogP contribution < -0.4 is 9.21 Å². The molecule has 1 amide bonds. The van der Waals surface area contributed by atoms with Crippen LogP contribution in [0.4, 0.5) is 11.4 Å². The van der Waals surface area contributed by atoms with E-state index in [4.69, 9.17) is 11.6 Å². The maximum Gasteiger partial charge on any atom is 0.243 e. The van der Waals surface area contributed by atoms with E-state index in [0.717, 1.165) is 23.1 Å². The Kier molecular flexibility index (Phi) is 6.39. The van der Waals surface area contributed by atoms with Crippen molar-refractivity contribution in [3.63, 3.8) is 0 Å². The van der Waals surface area contributed by atoms with Crippen molar-refractivity contribution >= 4 is 38.9 Å². The molecule has 0 atom stereocenters. The van der Waals surface area contributed by atoms with Gasteiger partial charge < -0.3 is 9.80 Å². The molecule has 0 N–H and O–H groups in total. The quantitative estimate of drug-likeness (QED) is 0.724. The van der Waals surface area contributed by atoms with Gasteiger partial charge in [0.1, 0.15) is 6.54 Å². The topological polar surface area (TPSA) is 60.9 Å². The number of rotatable bonds is 5. The predicted octanol–water partition coefficient (Wildman–Crippen LogP) is 3.07. The van der Waals surface area contributed by atoms with Gasteiger partial charge in [0.2, 0.25) is 15.9 Å². The minimum atomic E-state index is -3.58. The van der Waals surface area contributed by atoms with Gasteiger partial charge in [-0.3, -0.25) is 9.10 Å². The van der Waals surface area contributed by atoms with E-state index >= 15 is 0 Å². The highest BCUT2D eigenvalue weighted by Crippen LogP contribution is 2.26. The number of anilines is 2. The van der Waals surface area contributed by atoms with Gasteiger partial charge in [-0.05, 0) is 43.2 Å². The van der Waals surface area contributed by atoms with Crippen LogP contribution >= 0.6 is 11.6 Å². The zero-order valence-electron chi connectivity index (χ0n) is 16.9. The van der Waals surface area contributed by atoms with E-state index in [9.17, 15) is 13.2 Å². The summed E-state index contributed by atoms with van der Waals surface area (Å²) < 4.78 is 25.9. The van der Waals surface area contributed by atoms with E-state index in [0.29, 0.717) is 36.9 Å². The van der Waals surface area contributed by atoms with Gasteiger partial charge in [0.25, 0.3) is 0 Å². The van der Waals surface area contributed by atoms with Crippen LogP contribution in [0.2, 0.25) is 5.02 Å². The Morgan fingerprint density at radius 3 is 2.31 bits per heavy atom. The Labute approximate surface area is 177 Å². The number of hydrogen-bond donors (Lipinski definition) is 0. The third-order valence-corrected chi connectivity index (χ3v) is 6.57. The van der Waals surface area contributed by atoms with Crippen LogP contribution in [-0.4, -0.2) is 58.2 Å². The lowest BCUT2D eigenvalue weighted by molar-refractivity contribution is -0.129. The molecule has 0 aliphatic carbocycles. The van der Waals surface area contributed by atoms with Gasteiger partial charge in [0.05, 0.1) is 11.9 Å². The van der Waals surface area contributed by atoms with Gasteiger partial charge in [0, 0.05) is 36.9 Å². The van der Waals surface area contributed by atoms with E-state index in [2.05, 4.69) is 4.90 Å². The fourth-order valence-electron chi connectivity index (χ4n) is 3.57. The number of carbonyl (C=O) groups is 1. The molecule has 6 nitrogen and oxygen atoms in total. The lowest BCUT2D eigenvalue weighted by atomic mass is 10.1. The number of aryl methyl sites for hydroxylation is 2. The van der Waals surface area contributed by atoms with Crippen molar-refractivity contribution in [1.29, 1.82) is 0 Å². The molecule has 1 aliphatic rings. The Morgan fingerprint density at radius 2 is 1.69 bits per heavy atom. The molecule has 2 aromatic carbocycles. The highest BCUT2D eigenvalue weighted by atomic mass is 35.5. The first kappa shape index (κ1) is 21.5. The standard InChI is InChI=1S/C21H26ClN3O3S/c1-16-6-4-5-7-19(16)25(29(3,27)28)15-21(26)24-12-10-23(11-13-24)20-14-18(22)9-8-17(20)2/h4-9,14H,10-13,15H2,1-3H3. The number of amides is 1. The fraction of sp³-hybridized carbons (Fsp3) is 0.381. The molecule has 29 heavy (non-hydrogen) atoms. The summed E-state index contributed by atoms with van der Waals surface area (Å²) >= 11 is 6.13. The normalized spacial score (nSPS) is 14.8. The molecule has 8 heteroatoms. The molecule has 2 aromatic rings. The molecule has 156 valence electrons. The smallest absolute Gasteiger partial charge is 0.243 e. The molecule has 1 fully saturated rings. The van der Waals surface area contributed by atoms with E-state index in [1.165, 1.54) is 4.31 Å². The number of para-hydroxylation sites is 1. The third kappa shape index (κ3) is 5.03. The number of hydrogen-bond acceptors (Lipinski definition) is 4. The van der Waals surface area contributed by atoms with Crippen LogP contribution in [0.3, 0.4) is 0 Å². The third-order valence-electron chi connectivity index (χ3n) is 5.21. The van der Waals surface area contributed by atoms with Crippen molar-refractivity contribution in [3.8, 4) is 0 Å². The average Bonchev–Trinajstić information content (AvgIpc) is 2.68. The summed E-state index contributed by atoms with van der Waals surface area (Å²) in [6.07, 6.45) is 1.13. The molecule has 1 saturated heterocycles. The fourth-order valence-corrected chi connectivity index (χ4v) is 4.64. The van der Waals surface area contributed by atoms with E-state index in [1.807, 2.05) is 44.2 Å². The number of sulfonamides is 1. The van der Waals surface area contributed by atoms with Gasteiger partial charge in [-0.25, -0.2) is 8.42 Å². The highest BCUT2D eigenvalue weighted by Gasteiger charge is 2.27. The van der Waals surface area contributed by atoms with Crippen LogP contribution in [0.15, 0.2) is 42.5 Å². The first-order valence-corrected chi connectivity index (χ1v) is 11.7. The molecule has 0 spiro atoms. The summed E-state index contributed by atoms with van der Waals surface area (Å²) in [6.45, 7) is 6.11. The zero-order valence-corrected chi connectivity index (χ0v) is 18.5. The van der Waals surface area contributed by atoms with E-state index in [1.54, 1.807) is 17.0 Å². The number of halogens is 1. The van der Waals surface area contributed by atoms with Gasteiger partial charge in [-0.1, -0.05) is 35.9 Å². The minimum absolute atomic E-state index is 0.193. The van der Waals surface area contributed by atoms with Crippen LogP contribution in [0.5, 0.6) is 0 Å². The molecule has 0 aromatic heterocycles. The number of benzene rings is 2. The molecule has 0 radical (unpaired) electrons. The molecule has 0 saturated carbocycles. The number of piperazine rings is 1. The summed E-state index contributed by atoms with van der Waals surface area (Å²) in [5, 5.41) is 0.686. The van der Waals surface area contributed by atoms with Crippen molar-refractivity contribution < 1.29 is 13.2 Å². The van der Waals surface area contributed by atoms with E-state index < -0.39 is 10.0 Å². The van der Waals surface area contributed by atoms with Crippen molar-refractivity contribution in [2.45, 2.75) is 13.8 Å². The zero-order chi connectivity index (χ0) is 21.2.